The molecular formula is C5H8N2O2S. The van der Waals surface area contributed by atoms with E-state index >= 15 is 0 Å². The number of sulfonamides is 1. The SMILES string of the molecule is CC=C(C#N)S(=O)(=O)NC. The van der Waals surface area contributed by atoms with Gasteiger partial charge in [0, 0.05) is 0 Å². The van der Waals surface area contributed by atoms with Crippen molar-refractivity contribution in [3.8, 4) is 6.07 Å². The van der Waals surface area contributed by atoms with Crippen molar-refractivity contribution in [3.05, 3.63) is 11.0 Å². The first-order chi connectivity index (χ1) is 4.58. The van der Waals surface area contributed by atoms with Gasteiger partial charge in [0.1, 0.15) is 6.07 Å². The second-order valence-electron chi connectivity index (χ2n) is 1.47. The molecule has 0 unspecified atom stereocenters. The number of rotatable bonds is 2. The van der Waals surface area contributed by atoms with Gasteiger partial charge in [-0.15, -0.1) is 0 Å². The Morgan fingerprint density at radius 3 is 2.30 bits per heavy atom. The molecule has 0 fully saturated rings. The molecule has 0 spiro atoms. The highest BCUT2D eigenvalue weighted by molar-refractivity contribution is 7.93. The van der Waals surface area contributed by atoms with Gasteiger partial charge in [0.15, 0.2) is 4.91 Å². The van der Waals surface area contributed by atoms with Crippen molar-refractivity contribution in [1.82, 2.24) is 4.72 Å². The summed E-state index contributed by atoms with van der Waals surface area (Å²) in [6, 6.07) is 1.55. The third-order valence-electron chi connectivity index (χ3n) is 0.931. The molecule has 0 saturated heterocycles. The first-order valence-electron chi connectivity index (χ1n) is 2.58. The van der Waals surface area contributed by atoms with E-state index in [9.17, 15) is 8.42 Å². The van der Waals surface area contributed by atoms with E-state index in [-0.39, 0.29) is 4.91 Å². The molecule has 0 saturated carbocycles. The Bertz CT molecular complexity index is 271. The van der Waals surface area contributed by atoms with E-state index in [2.05, 4.69) is 0 Å². The van der Waals surface area contributed by atoms with Crippen molar-refractivity contribution in [2.75, 3.05) is 7.05 Å². The Morgan fingerprint density at radius 2 is 2.20 bits per heavy atom. The minimum Gasteiger partial charge on any atom is -0.214 e. The Kier molecular flexibility index (Phi) is 3.06. The zero-order valence-electron chi connectivity index (χ0n) is 5.75. The summed E-state index contributed by atoms with van der Waals surface area (Å²) in [5, 5.41) is 8.26. The molecule has 5 heteroatoms. The van der Waals surface area contributed by atoms with E-state index in [1.165, 1.54) is 20.0 Å². The lowest BCUT2D eigenvalue weighted by atomic mass is 10.6. The summed E-state index contributed by atoms with van der Waals surface area (Å²) in [7, 11) is -2.25. The van der Waals surface area contributed by atoms with Crippen LogP contribution in [0.4, 0.5) is 0 Å². The zero-order valence-corrected chi connectivity index (χ0v) is 6.57. The molecule has 0 aliphatic heterocycles. The van der Waals surface area contributed by atoms with Crippen LogP contribution in [0.1, 0.15) is 6.92 Å². The van der Waals surface area contributed by atoms with Crippen LogP contribution in [-0.2, 0) is 10.0 Å². The van der Waals surface area contributed by atoms with Crippen LogP contribution in [0, 0.1) is 11.3 Å². The summed E-state index contributed by atoms with van der Waals surface area (Å²) in [4.78, 5) is -0.255. The van der Waals surface area contributed by atoms with Gasteiger partial charge in [0.2, 0.25) is 10.0 Å². The van der Waals surface area contributed by atoms with E-state index in [0.717, 1.165) is 0 Å². The molecule has 0 atom stereocenters. The molecule has 0 bridgehead atoms. The number of nitriles is 1. The third kappa shape index (κ3) is 1.83. The monoisotopic (exact) mass is 160 g/mol. The van der Waals surface area contributed by atoms with Crippen molar-refractivity contribution in [2.45, 2.75) is 6.92 Å². The molecule has 10 heavy (non-hydrogen) atoms. The largest absolute Gasteiger partial charge is 0.250 e. The van der Waals surface area contributed by atoms with Crippen LogP contribution < -0.4 is 4.72 Å². The summed E-state index contributed by atoms with van der Waals surface area (Å²) in [6.45, 7) is 1.49. The molecule has 0 radical (unpaired) electrons. The van der Waals surface area contributed by atoms with Gasteiger partial charge >= 0.3 is 0 Å². The molecule has 0 aromatic rings. The first kappa shape index (κ1) is 9.14. The van der Waals surface area contributed by atoms with E-state index in [1.54, 1.807) is 6.07 Å². The van der Waals surface area contributed by atoms with E-state index < -0.39 is 10.0 Å². The Morgan fingerprint density at radius 1 is 1.70 bits per heavy atom. The average Bonchev–Trinajstić information content (AvgIpc) is 1.90. The number of hydrogen-bond acceptors (Lipinski definition) is 3. The second-order valence-corrected chi connectivity index (χ2v) is 3.33. The number of hydrogen-bond donors (Lipinski definition) is 1. The van der Waals surface area contributed by atoms with Gasteiger partial charge in [-0.3, -0.25) is 0 Å². The Labute approximate surface area is 60.2 Å². The van der Waals surface area contributed by atoms with Crippen LogP contribution in [0.15, 0.2) is 11.0 Å². The summed E-state index contributed by atoms with van der Waals surface area (Å²) in [6.07, 6.45) is 1.24. The maximum Gasteiger partial charge on any atom is 0.250 e. The van der Waals surface area contributed by atoms with Crippen molar-refractivity contribution < 1.29 is 8.42 Å². The summed E-state index contributed by atoms with van der Waals surface area (Å²) in [5.74, 6) is 0. The smallest absolute Gasteiger partial charge is 0.214 e. The molecule has 0 rings (SSSR count). The van der Waals surface area contributed by atoms with Crippen molar-refractivity contribution in [2.24, 2.45) is 0 Å². The molecule has 4 nitrogen and oxygen atoms in total. The van der Waals surface area contributed by atoms with Crippen LogP contribution in [0.3, 0.4) is 0 Å². The summed E-state index contributed by atoms with van der Waals surface area (Å²) < 4.78 is 23.5. The molecule has 0 aliphatic carbocycles. The second kappa shape index (κ2) is 3.34. The van der Waals surface area contributed by atoms with Crippen LogP contribution >= 0.6 is 0 Å². The molecule has 0 amide bonds. The highest BCUT2D eigenvalue weighted by Gasteiger charge is 2.12. The maximum absolute atomic E-state index is 10.8. The fourth-order valence-corrected chi connectivity index (χ4v) is 1.04. The molecular weight excluding hydrogens is 152 g/mol. The molecule has 0 heterocycles. The van der Waals surface area contributed by atoms with Crippen molar-refractivity contribution in [3.63, 3.8) is 0 Å². The van der Waals surface area contributed by atoms with Crippen LogP contribution in [-0.4, -0.2) is 15.5 Å². The van der Waals surface area contributed by atoms with E-state index in [4.69, 9.17) is 5.26 Å². The predicted molar refractivity (Wildman–Crippen MR) is 37.3 cm³/mol. The fourth-order valence-electron chi connectivity index (χ4n) is 0.390. The van der Waals surface area contributed by atoms with Gasteiger partial charge < -0.3 is 0 Å². The molecule has 1 N–H and O–H groups in total. The van der Waals surface area contributed by atoms with Gasteiger partial charge in [0.25, 0.3) is 0 Å². The number of nitrogens with zero attached hydrogens (tertiary/aromatic N) is 1. The van der Waals surface area contributed by atoms with Crippen molar-refractivity contribution >= 4 is 10.0 Å². The lowest BCUT2D eigenvalue weighted by molar-refractivity contribution is 0.595. The minimum absolute atomic E-state index is 0.255. The number of nitrogens with one attached hydrogen (secondary N) is 1. The zero-order chi connectivity index (χ0) is 8.20. The number of allylic oxidation sites excluding steroid dienone is 2. The third-order valence-corrected chi connectivity index (χ3v) is 2.37. The lowest BCUT2D eigenvalue weighted by Crippen LogP contribution is -2.19. The quantitative estimate of drug-likeness (QED) is 0.576. The van der Waals surface area contributed by atoms with Gasteiger partial charge in [-0.1, -0.05) is 6.08 Å². The normalized spacial score (nSPS) is 12.7. The Hall–Kier alpha value is -0.860. The van der Waals surface area contributed by atoms with Gasteiger partial charge in [-0.25, -0.2) is 13.1 Å². The summed E-state index contributed by atoms with van der Waals surface area (Å²) in [5.41, 5.74) is 0. The Balaban J connectivity index is 4.87. The topological polar surface area (TPSA) is 70.0 Å². The average molecular weight is 160 g/mol. The molecule has 0 aromatic heterocycles. The van der Waals surface area contributed by atoms with E-state index in [0.29, 0.717) is 0 Å². The molecule has 0 aromatic carbocycles. The first-order valence-corrected chi connectivity index (χ1v) is 4.06. The van der Waals surface area contributed by atoms with Gasteiger partial charge in [-0.05, 0) is 14.0 Å². The lowest BCUT2D eigenvalue weighted by Gasteiger charge is -1.96. The fraction of sp³-hybridized carbons (Fsp3) is 0.400. The summed E-state index contributed by atoms with van der Waals surface area (Å²) >= 11 is 0. The van der Waals surface area contributed by atoms with Crippen LogP contribution in [0.25, 0.3) is 0 Å². The maximum atomic E-state index is 10.8. The highest BCUT2D eigenvalue weighted by atomic mass is 32.2. The van der Waals surface area contributed by atoms with Gasteiger partial charge in [-0.2, -0.15) is 5.26 Å². The molecule has 56 valence electrons. The van der Waals surface area contributed by atoms with Crippen molar-refractivity contribution in [1.29, 1.82) is 5.26 Å². The van der Waals surface area contributed by atoms with Crippen LogP contribution in [0.2, 0.25) is 0 Å². The highest BCUT2D eigenvalue weighted by Crippen LogP contribution is 1.99. The van der Waals surface area contributed by atoms with E-state index in [1.807, 2.05) is 4.72 Å². The van der Waals surface area contributed by atoms with Gasteiger partial charge in [0.05, 0.1) is 0 Å². The standard InChI is InChI=1S/C5H8N2O2S/c1-3-5(4-6)10(8,9)7-2/h3,7H,1-2H3. The minimum atomic E-state index is -3.51. The van der Waals surface area contributed by atoms with Crippen LogP contribution in [0.5, 0.6) is 0 Å². The predicted octanol–water partition coefficient (Wildman–Crippen LogP) is -0.0370. The molecule has 0 aliphatic rings.